The Bertz CT molecular complexity index is 850. The van der Waals surface area contributed by atoms with E-state index in [4.69, 9.17) is 21.6 Å². The number of imidazole rings is 1. The zero-order valence-corrected chi connectivity index (χ0v) is 12.0. The molecular weight excluding hydrogens is 288 g/mol. The van der Waals surface area contributed by atoms with Gasteiger partial charge in [-0.2, -0.15) is 5.26 Å². The van der Waals surface area contributed by atoms with Crippen LogP contribution >= 0.6 is 11.6 Å². The number of ether oxygens (including phenoxy) is 1. The minimum absolute atomic E-state index is 0.348. The molecule has 0 fully saturated rings. The summed E-state index contributed by atoms with van der Waals surface area (Å²) in [6.07, 6.45) is 3.33. The normalized spacial score (nSPS) is 10.5. The van der Waals surface area contributed by atoms with Crippen molar-refractivity contribution in [3.63, 3.8) is 0 Å². The van der Waals surface area contributed by atoms with Crippen LogP contribution in [0.5, 0.6) is 5.75 Å². The molecule has 5 nitrogen and oxygen atoms in total. The molecule has 0 aliphatic rings. The highest BCUT2D eigenvalue weighted by Crippen LogP contribution is 2.24. The molecule has 0 aliphatic carbocycles. The van der Waals surface area contributed by atoms with Crippen LogP contribution in [0, 0.1) is 11.3 Å². The van der Waals surface area contributed by atoms with Crippen molar-refractivity contribution in [2.45, 2.75) is 6.54 Å². The number of aromatic nitrogens is 3. The second-order valence-corrected chi connectivity index (χ2v) is 4.85. The lowest BCUT2D eigenvalue weighted by atomic mass is 10.1. The molecule has 3 aromatic rings. The predicted octanol–water partition coefficient (Wildman–Crippen LogP) is 3.01. The lowest BCUT2D eigenvalue weighted by Gasteiger charge is -2.08. The molecule has 0 spiro atoms. The van der Waals surface area contributed by atoms with Crippen molar-refractivity contribution in [2.24, 2.45) is 0 Å². The minimum atomic E-state index is 0.348. The lowest BCUT2D eigenvalue weighted by molar-refractivity contribution is 0.415. The summed E-state index contributed by atoms with van der Waals surface area (Å²) in [7, 11) is 1.61. The Morgan fingerprint density at radius 2 is 2.24 bits per heavy atom. The van der Waals surface area contributed by atoms with Crippen molar-refractivity contribution < 1.29 is 4.74 Å². The molecule has 0 radical (unpaired) electrons. The molecule has 0 atom stereocenters. The summed E-state index contributed by atoms with van der Waals surface area (Å²) in [6, 6.07) is 9.64. The number of hydrogen-bond donors (Lipinski definition) is 0. The van der Waals surface area contributed by atoms with Crippen LogP contribution in [0.2, 0.25) is 5.15 Å². The zero-order valence-electron chi connectivity index (χ0n) is 11.2. The molecule has 0 bridgehead atoms. The van der Waals surface area contributed by atoms with Crippen molar-refractivity contribution in [3.05, 3.63) is 53.2 Å². The van der Waals surface area contributed by atoms with Crippen LogP contribution in [-0.2, 0) is 6.54 Å². The van der Waals surface area contributed by atoms with Gasteiger partial charge in [0.15, 0.2) is 0 Å². The summed E-state index contributed by atoms with van der Waals surface area (Å²) in [5, 5.41) is 10.4. The van der Waals surface area contributed by atoms with Gasteiger partial charge in [0.25, 0.3) is 0 Å². The van der Waals surface area contributed by atoms with E-state index in [1.54, 1.807) is 24.1 Å². The van der Waals surface area contributed by atoms with E-state index in [2.05, 4.69) is 9.97 Å². The number of hydrogen-bond acceptors (Lipinski definition) is 4. The molecule has 0 saturated heterocycles. The fourth-order valence-electron chi connectivity index (χ4n) is 2.14. The third-order valence-electron chi connectivity index (χ3n) is 3.21. The first-order valence-corrected chi connectivity index (χ1v) is 6.63. The van der Waals surface area contributed by atoms with Gasteiger partial charge < -0.3 is 9.30 Å². The van der Waals surface area contributed by atoms with Crippen LogP contribution in [-0.4, -0.2) is 21.6 Å². The molecule has 21 heavy (non-hydrogen) atoms. The number of rotatable bonds is 3. The van der Waals surface area contributed by atoms with Crippen LogP contribution < -0.4 is 4.74 Å². The average molecular weight is 299 g/mol. The Balaban J connectivity index is 2.03. The summed E-state index contributed by atoms with van der Waals surface area (Å²) < 4.78 is 6.91. The Morgan fingerprint density at radius 1 is 1.38 bits per heavy atom. The Hall–Kier alpha value is -2.58. The van der Waals surface area contributed by atoms with Crippen molar-refractivity contribution in [1.82, 2.24) is 14.5 Å². The van der Waals surface area contributed by atoms with Crippen LogP contribution in [0.15, 0.2) is 36.7 Å². The molecule has 2 heterocycles. The first-order chi connectivity index (χ1) is 10.2. The van der Waals surface area contributed by atoms with Crippen molar-refractivity contribution in [2.75, 3.05) is 7.11 Å². The first kappa shape index (κ1) is 13.4. The number of fused-ring (bicyclic) bond motifs is 1. The van der Waals surface area contributed by atoms with Crippen molar-refractivity contribution in [3.8, 4) is 11.8 Å². The zero-order chi connectivity index (χ0) is 14.8. The topological polar surface area (TPSA) is 63.7 Å². The highest BCUT2D eigenvalue weighted by Gasteiger charge is 2.09. The van der Waals surface area contributed by atoms with E-state index in [-0.39, 0.29) is 0 Å². The number of benzene rings is 1. The summed E-state index contributed by atoms with van der Waals surface area (Å²) >= 11 is 6.24. The number of nitrogens with zero attached hydrogens (tertiary/aromatic N) is 4. The molecule has 0 amide bonds. The highest BCUT2D eigenvalue weighted by molar-refractivity contribution is 6.30. The summed E-state index contributed by atoms with van der Waals surface area (Å²) in [5.41, 5.74) is 1.61. The molecule has 3 rings (SSSR count). The van der Waals surface area contributed by atoms with Gasteiger partial charge in [0.1, 0.15) is 17.0 Å². The molecule has 0 aliphatic heterocycles. The van der Waals surface area contributed by atoms with Crippen LogP contribution in [0.25, 0.3) is 10.9 Å². The molecule has 6 heteroatoms. The molecule has 2 aromatic heterocycles. The van der Waals surface area contributed by atoms with Crippen LogP contribution in [0.4, 0.5) is 0 Å². The molecule has 0 N–H and O–H groups in total. The summed E-state index contributed by atoms with van der Waals surface area (Å²) in [6.45, 7) is 0.455. The standard InChI is InChI=1S/C15H11ClN4O/c1-21-12-3-2-10-6-11(15(16)19-13(10)7-12)9-20-5-4-18-14(20)8-17/h2-7H,9H2,1H3. The fourth-order valence-corrected chi connectivity index (χ4v) is 2.34. The van der Waals surface area contributed by atoms with E-state index in [1.165, 1.54) is 0 Å². The Kier molecular flexibility index (Phi) is 3.46. The van der Waals surface area contributed by atoms with Gasteiger partial charge in [-0.05, 0) is 18.2 Å². The van der Waals surface area contributed by atoms with Crippen LogP contribution in [0.3, 0.4) is 0 Å². The molecule has 0 saturated carbocycles. The third kappa shape index (κ3) is 2.54. The van der Waals surface area contributed by atoms with Gasteiger partial charge in [0, 0.05) is 29.4 Å². The number of nitriles is 1. The van der Waals surface area contributed by atoms with Gasteiger partial charge in [0.05, 0.1) is 19.2 Å². The van der Waals surface area contributed by atoms with E-state index in [0.29, 0.717) is 17.5 Å². The van der Waals surface area contributed by atoms with Gasteiger partial charge in [-0.1, -0.05) is 11.6 Å². The van der Waals surface area contributed by atoms with Gasteiger partial charge in [-0.15, -0.1) is 0 Å². The molecule has 104 valence electrons. The van der Waals surface area contributed by atoms with Crippen LogP contribution in [0.1, 0.15) is 11.4 Å². The summed E-state index contributed by atoms with van der Waals surface area (Å²) in [5.74, 6) is 1.08. The minimum Gasteiger partial charge on any atom is -0.497 e. The maximum atomic E-state index is 8.99. The SMILES string of the molecule is COc1ccc2cc(Cn3ccnc3C#N)c(Cl)nc2c1. The van der Waals surface area contributed by atoms with E-state index in [1.807, 2.05) is 30.3 Å². The first-order valence-electron chi connectivity index (χ1n) is 6.25. The monoisotopic (exact) mass is 298 g/mol. The fraction of sp³-hybridized carbons (Fsp3) is 0.133. The van der Waals surface area contributed by atoms with Gasteiger partial charge >= 0.3 is 0 Å². The molecule has 1 aromatic carbocycles. The summed E-state index contributed by atoms with van der Waals surface area (Å²) in [4.78, 5) is 8.36. The third-order valence-corrected chi connectivity index (χ3v) is 3.53. The smallest absolute Gasteiger partial charge is 0.213 e. The molecular formula is C15H11ClN4O. The number of methoxy groups -OCH3 is 1. The Labute approximate surface area is 126 Å². The van der Waals surface area contributed by atoms with E-state index < -0.39 is 0 Å². The van der Waals surface area contributed by atoms with E-state index >= 15 is 0 Å². The van der Waals surface area contributed by atoms with Gasteiger partial charge in [-0.25, -0.2) is 9.97 Å². The molecule has 0 unspecified atom stereocenters. The average Bonchev–Trinajstić information content (AvgIpc) is 2.94. The van der Waals surface area contributed by atoms with E-state index in [0.717, 1.165) is 22.2 Å². The van der Waals surface area contributed by atoms with Crippen molar-refractivity contribution in [1.29, 1.82) is 5.26 Å². The largest absolute Gasteiger partial charge is 0.497 e. The van der Waals surface area contributed by atoms with Gasteiger partial charge in [-0.3, -0.25) is 0 Å². The maximum Gasteiger partial charge on any atom is 0.213 e. The second-order valence-electron chi connectivity index (χ2n) is 4.49. The van der Waals surface area contributed by atoms with Gasteiger partial charge in [0.2, 0.25) is 5.82 Å². The van der Waals surface area contributed by atoms with E-state index in [9.17, 15) is 0 Å². The number of halogens is 1. The quantitative estimate of drug-likeness (QED) is 0.697. The maximum absolute atomic E-state index is 8.99. The highest BCUT2D eigenvalue weighted by atomic mass is 35.5. The Morgan fingerprint density at radius 3 is 3.00 bits per heavy atom. The lowest BCUT2D eigenvalue weighted by Crippen LogP contribution is -2.03. The predicted molar refractivity (Wildman–Crippen MR) is 79.3 cm³/mol. The van der Waals surface area contributed by atoms with Crippen molar-refractivity contribution >= 4 is 22.5 Å². The number of pyridine rings is 1. The second kappa shape index (κ2) is 5.43.